The zero-order chi connectivity index (χ0) is 32.2. The first-order valence-electron chi connectivity index (χ1n) is 20.7. The number of rotatable bonds is 38. The molecule has 0 aromatic heterocycles. The van der Waals surface area contributed by atoms with Crippen LogP contribution >= 0.6 is 0 Å². The molecule has 0 atom stereocenters. The van der Waals surface area contributed by atoms with Crippen LogP contribution in [0, 0.1) is 0 Å². The van der Waals surface area contributed by atoms with Gasteiger partial charge in [0.1, 0.15) is 0 Å². The highest BCUT2D eigenvalue weighted by atomic mass is 16.4. The first-order chi connectivity index (χ1) is 21.6. The summed E-state index contributed by atoms with van der Waals surface area (Å²) in [5, 5.41) is 9.25. The van der Waals surface area contributed by atoms with Crippen molar-refractivity contribution < 1.29 is 14.4 Å². The first-order valence-corrected chi connectivity index (χ1v) is 20.7. The van der Waals surface area contributed by atoms with Gasteiger partial charge < -0.3 is 9.59 Å². The lowest BCUT2D eigenvalue weighted by atomic mass is 10.0. The van der Waals surface area contributed by atoms with E-state index >= 15 is 0 Å². The lowest BCUT2D eigenvalue weighted by Crippen LogP contribution is -2.50. The number of unbranched alkanes of at least 4 members (excludes halogenated alkanes) is 28. The maximum atomic E-state index is 11.2. The van der Waals surface area contributed by atoms with Gasteiger partial charge in [-0.3, -0.25) is 4.79 Å². The van der Waals surface area contributed by atoms with Crippen LogP contribution in [-0.2, 0) is 4.79 Å². The fraction of sp³-hybridized carbons (Fsp3) is 0.976. The second kappa shape index (κ2) is 35.3. The number of nitrogens with zero attached hydrogens (tertiary/aromatic N) is 1. The second-order valence-electron chi connectivity index (χ2n) is 14.6. The van der Waals surface area contributed by atoms with Crippen molar-refractivity contribution in [2.75, 3.05) is 26.2 Å². The van der Waals surface area contributed by atoms with E-state index in [0.29, 0.717) is 6.42 Å². The molecule has 0 spiro atoms. The standard InChI is InChI=1S/C41H83NO2/c1-4-7-10-13-16-19-22-25-28-32-37-42(40-35-31-36-41(43)44,38-33-29-26-23-20-17-14-11-8-5-2)39-34-30-27-24-21-18-15-12-9-6-3/h4-40H2,1-3H3/p+1. The van der Waals surface area contributed by atoms with E-state index in [2.05, 4.69) is 20.8 Å². The Morgan fingerprint density at radius 1 is 0.341 bits per heavy atom. The van der Waals surface area contributed by atoms with Crippen molar-refractivity contribution >= 4 is 5.97 Å². The predicted molar refractivity (Wildman–Crippen MR) is 197 cm³/mol. The molecule has 0 saturated heterocycles. The molecule has 3 heteroatoms. The number of hydrogen-bond acceptors (Lipinski definition) is 1. The number of quaternary nitrogens is 1. The molecule has 0 heterocycles. The van der Waals surface area contributed by atoms with Crippen molar-refractivity contribution in [3.05, 3.63) is 0 Å². The quantitative estimate of drug-likeness (QED) is 0.0549. The van der Waals surface area contributed by atoms with Gasteiger partial charge in [0.05, 0.1) is 26.2 Å². The zero-order valence-corrected chi connectivity index (χ0v) is 31.0. The molecule has 0 unspecified atom stereocenters. The monoisotopic (exact) mass is 623 g/mol. The Kier molecular flexibility index (Phi) is 34.8. The van der Waals surface area contributed by atoms with Crippen molar-refractivity contribution in [1.82, 2.24) is 0 Å². The van der Waals surface area contributed by atoms with Crippen LogP contribution in [0.15, 0.2) is 0 Å². The minimum atomic E-state index is -0.623. The Morgan fingerprint density at radius 3 is 0.773 bits per heavy atom. The highest BCUT2D eigenvalue weighted by Gasteiger charge is 2.26. The van der Waals surface area contributed by atoms with Gasteiger partial charge in [-0.05, 0) is 51.4 Å². The molecule has 0 bridgehead atoms. The minimum Gasteiger partial charge on any atom is -0.481 e. The number of carboxylic acids is 1. The summed E-state index contributed by atoms with van der Waals surface area (Å²) in [6.45, 7) is 12.1. The normalized spacial score (nSPS) is 11.9. The average molecular weight is 623 g/mol. The van der Waals surface area contributed by atoms with Gasteiger partial charge in [-0.25, -0.2) is 0 Å². The van der Waals surface area contributed by atoms with E-state index in [1.807, 2.05) is 0 Å². The Balaban J connectivity index is 4.75. The molecule has 0 aromatic rings. The molecule has 0 aromatic carbocycles. The highest BCUT2D eigenvalue weighted by Crippen LogP contribution is 2.21. The summed E-state index contributed by atoms with van der Waals surface area (Å²) < 4.78 is 1.28. The van der Waals surface area contributed by atoms with Crippen LogP contribution in [0.5, 0.6) is 0 Å². The Hall–Kier alpha value is -0.570. The van der Waals surface area contributed by atoms with Crippen molar-refractivity contribution in [3.8, 4) is 0 Å². The average Bonchev–Trinajstić information content (AvgIpc) is 3.02. The molecule has 1 N–H and O–H groups in total. The zero-order valence-electron chi connectivity index (χ0n) is 31.0. The SMILES string of the molecule is CCCCCCCCCCCC[N+](CCCCCCCCCCCC)(CCCCCCCCCCCC)CCCCC(=O)O. The molecular formula is C41H84NO2+. The summed E-state index contributed by atoms with van der Waals surface area (Å²) in [7, 11) is 0. The molecular weight excluding hydrogens is 538 g/mol. The smallest absolute Gasteiger partial charge is 0.303 e. The van der Waals surface area contributed by atoms with E-state index < -0.39 is 5.97 Å². The van der Waals surface area contributed by atoms with Gasteiger partial charge in [0.2, 0.25) is 0 Å². The van der Waals surface area contributed by atoms with E-state index in [1.54, 1.807) is 0 Å². The van der Waals surface area contributed by atoms with Gasteiger partial charge >= 0.3 is 5.97 Å². The van der Waals surface area contributed by atoms with Crippen LogP contribution in [0.2, 0.25) is 0 Å². The summed E-state index contributed by atoms with van der Waals surface area (Å²) in [5.74, 6) is -0.623. The molecule has 0 saturated carbocycles. The summed E-state index contributed by atoms with van der Waals surface area (Å²) >= 11 is 0. The first kappa shape index (κ1) is 43.4. The fourth-order valence-corrected chi connectivity index (χ4v) is 7.20. The van der Waals surface area contributed by atoms with Crippen LogP contribution in [0.25, 0.3) is 0 Å². The van der Waals surface area contributed by atoms with E-state index in [4.69, 9.17) is 0 Å². The number of carboxylic acid groups (broad SMARTS) is 1. The molecule has 0 fully saturated rings. The largest absolute Gasteiger partial charge is 0.481 e. The van der Waals surface area contributed by atoms with Gasteiger partial charge in [0, 0.05) is 6.42 Å². The number of hydrogen-bond donors (Lipinski definition) is 1. The van der Waals surface area contributed by atoms with Crippen LogP contribution < -0.4 is 0 Å². The maximum absolute atomic E-state index is 11.2. The fourth-order valence-electron chi connectivity index (χ4n) is 7.20. The minimum absolute atomic E-state index is 0.342. The Bertz CT molecular complexity index is 503. The molecule has 44 heavy (non-hydrogen) atoms. The summed E-state index contributed by atoms with van der Waals surface area (Å²) in [6.07, 6.45) is 44.4. The van der Waals surface area contributed by atoms with Crippen molar-refractivity contribution in [2.24, 2.45) is 0 Å². The molecule has 0 amide bonds. The van der Waals surface area contributed by atoms with Gasteiger partial charge in [-0.2, -0.15) is 0 Å². The molecule has 264 valence electrons. The second-order valence-corrected chi connectivity index (χ2v) is 14.6. The van der Waals surface area contributed by atoms with Gasteiger partial charge in [0.25, 0.3) is 0 Å². The van der Waals surface area contributed by atoms with E-state index in [9.17, 15) is 9.90 Å². The predicted octanol–water partition coefficient (Wildman–Crippen LogP) is 13.8. The van der Waals surface area contributed by atoms with Crippen LogP contribution in [0.1, 0.15) is 233 Å². The van der Waals surface area contributed by atoms with Crippen molar-refractivity contribution in [1.29, 1.82) is 0 Å². The Labute approximate surface area is 278 Å². The third kappa shape index (κ3) is 31.4. The van der Waals surface area contributed by atoms with Gasteiger partial charge in [0.15, 0.2) is 0 Å². The van der Waals surface area contributed by atoms with Crippen LogP contribution in [0.3, 0.4) is 0 Å². The third-order valence-electron chi connectivity index (χ3n) is 10.2. The maximum Gasteiger partial charge on any atom is 0.303 e. The third-order valence-corrected chi connectivity index (χ3v) is 10.2. The van der Waals surface area contributed by atoms with Crippen molar-refractivity contribution in [2.45, 2.75) is 233 Å². The van der Waals surface area contributed by atoms with E-state index in [1.165, 1.54) is 223 Å². The van der Waals surface area contributed by atoms with Crippen molar-refractivity contribution in [3.63, 3.8) is 0 Å². The molecule has 0 aliphatic rings. The lowest BCUT2D eigenvalue weighted by Gasteiger charge is -2.39. The van der Waals surface area contributed by atoms with E-state index in [0.717, 1.165) is 12.8 Å². The van der Waals surface area contributed by atoms with Crippen LogP contribution in [0.4, 0.5) is 0 Å². The summed E-state index contributed by atoms with van der Waals surface area (Å²) in [6, 6.07) is 0. The highest BCUT2D eigenvalue weighted by molar-refractivity contribution is 5.66. The molecule has 0 radical (unpaired) electrons. The molecule has 3 nitrogen and oxygen atoms in total. The summed E-state index contributed by atoms with van der Waals surface area (Å²) in [5.41, 5.74) is 0. The molecule has 0 aliphatic heterocycles. The van der Waals surface area contributed by atoms with Gasteiger partial charge in [-0.1, -0.05) is 175 Å². The van der Waals surface area contributed by atoms with E-state index in [-0.39, 0.29) is 0 Å². The number of carbonyl (C=O) groups is 1. The topological polar surface area (TPSA) is 37.3 Å². The Morgan fingerprint density at radius 2 is 0.545 bits per heavy atom. The number of aliphatic carboxylic acids is 1. The summed E-state index contributed by atoms with van der Waals surface area (Å²) in [4.78, 5) is 11.2. The lowest BCUT2D eigenvalue weighted by molar-refractivity contribution is -0.929. The van der Waals surface area contributed by atoms with Crippen LogP contribution in [-0.4, -0.2) is 41.7 Å². The van der Waals surface area contributed by atoms with Gasteiger partial charge in [-0.15, -0.1) is 0 Å². The molecule has 0 aliphatic carbocycles. The molecule has 0 rings (SSSR count).